The maximum Gasteiger partial charge on any atom is 0.312 e. The lowest BCUT2D eigenvalue weighted by atomic mass is 9.83. The van der Waals surface area contributed by atoms with Crippen LogP contribution in [0.2, 0.25) is 0 Å². The van der Waals surface area contributed by atoms with Crippen molar-refractivity contribution in [2.24, 2.45) is 53.1 Å². The largest absolute Gasteiger partial charge is 0.379 e. The third-order valence-electron chi connectivity index (χ3n) is 21.5. The molecule has 26 nitrogen and oxygen atoms in total. The average Bonchev–Trinajstić information content (AvgIpc) is 1.60. The summed E-state index contributed by atoms with van der Waals surface area (Å²) in [5.41, 5.74) is 7.71. The van der Waals surface area contributed by atoms with Crippen molar-refractivity contribution in [3.8, 4) is 0 Å². The Bertz CT molecular complexity index is 3340. The van der Waals surface area contributed by atoms with Crippen molar-refractivity contribution in [3.05, 3.63) is 83.4 Å². The molecule has 3 saturated heterocycles. The zero-order valence-corrected chi connectivity index (χ0v) is 65.5. The van der Waals surface area contributed by atoms with E-state index in [-0.39, 0.29) is 136 Å². The molecule has 0 bridgehead atoms. The second-order valence-electron chi connectivity index (χ2n) is 31.1. The molecular weight excluding hydrogens is 1360 g/mol. The first-order valence-electron chi connectivity index (χ1n) is 38.1. The Labute approximate surface area is 627 Å². The third kappa shape index (κ3) is 24.4. The maximum absolute atomic E-state index is 14.7. The SMILES string of the molecule is CC[C@H](C)C(C(CC(=O)N1CCCC1C(OC)C(C)C(=O)C[C@@H](Cc1ccccc1)C(=O)NCCc1ccc(CC(=O)[C@@H](CCCNC(N)=O)NC(=O)[C@H](CC(=O)[C@H]2O[C@@H]3OC(C)(C)O[C@@H]3[C@@H]2NC(=O)CCCCN2C(=O)C=CC2=O)C(C)C)cc1)OC)N(C)C(=O)[C@@H](CC(=O)C(C(C)C)N(C)C)C(C)C. The molecule has 0 radical (unpaired) electrons. The van der Waals surface area contributed by atoms with E-state index in [1.807, 2.05) is 103 Å². The van der Waals surface area contributed by atoms with Gasteiger partial charge in [0.15, 0.2) is 29.4 Å². The first-order chi connectivity index (χ1) is 50.1. The lowest BCUT2D eigenvalue weighted by molar-refractivity contribution is -0.208. The number of ether oxygens (including phenoxy) is 5. The number of nitrogens with zero attached hydrogens (tertiary/aromatic N) is 4. The lowest BCUT2D eigenvalue weighted by Crippen LogP contribution is -2.54. The molecule has 106 heavy (non-hydrogen) atoms. The lowest BCUT2D eigenvalue weighted by Gasteiger charge is -2.41. The van der Waals surface area contributed by atoms with Gasteiger partial charge in [-0.25, -0.2) is 4.79 Å². The van der Waals surface area contributed by atoms with Crippen LogP contribution in [-0.4, -0.2) is 218 Å². The van der Waals surface area contributed by atoms with Gasteiger partial charge in [-0.3, -0.25) is 62.5 Å². The van der Waals surface area contributed by atoms with E-state index in [9.17, 15) is 57.5 Å². The number of primary amides is 1. The number of imide groups is 1. The van der Waals surface area contributed by atoms with Crippen molar-refractivity contribution in [2.45, 2.75) is 239 Å². The molecule has 4 aliphatic heterocycles. The molecule has 2 aromatic carbocycles. The van der Waals surface area contributed by atoms with Crippen LogP contribution in [0.4, 0.5) is 4.79 Å². The van der Waals surface area contributed by atoms with E-state index in [1.165, 1.54) is 19.3 Å². The molecule has 3 fully saturated rings. The fraction of sp³-hybridized carbons (Fsp3) is 0.675. The number of carbonyl (C=O) groups excluding carboxylic acids is 12. The highest BCUT2D eigenvalue weighted by atomic mass is 16.8. The number of Topliss-reactive ketones (excluding diaryl/α,β-unsaturated/α-hetero) is 4. The predicted molar refractivity (Wildman–Crippen MR) is 399 cm³/mol. The van der Waals surface area contributed by atoms with Crippen LogP contribution in [0.25, 0.3) is 0 Å². The van der Waals surface area contributed by atoms with E-state index < -0.39 is 126 Å². The summed E-state index contributed by atoms with van der Waals surface area (Å²) in [7, 11) is 8.60. The highest BCUT2D eigenvalue weighted by Crippen LogP contribution is 2.39. The Hall–Kier alpha value is -7.62. The van der Waals surface area contributed by atoms with Crippen molar-refractivity contribution in [1.29, 1.82) is 0 Å². The van der Waals surface area contributed by atoms with Gasteiger partial charge < -0.3 is 60.5 Å². The number of methoxy groups -OCH3 is 2. The third-order valence-corrected chi connectivity index (χ3v) is 21.5. The second-order valence-corrected chi connectivity index (χ2v) is 31.1. The minimum Gasteiger partial charge on any atom is -0.379 e. The number of likely N-dealkylation sites (N-methyl/N-ethyl adjacent to an activating group) is 2. The molecule has 15 atom stereocenters. The number of urea groups is 1. The van der Waals surface area contributed by atoms with Gasteiger partial charge in [0, 0.05) is 115 Å². The first kappa shape index (κ1) is 87.3. The number of rotatable bonds is 45. The van der Waals surface area contributed by atoms with Crippen molar-refractivity contribution in [2.75, 3.05) is 61.5 Å². The molecule has 6 N–H and O–H groups in total. The summed E-state index contributed by atoms with van der Waals surface area (Å²) in [6.07, 6.45) is 1.24. The zero-order valence-electron chi connectivity index (χ0n) is 65.5. The number of likely N-dealkylation sites (tertiary alicyclic amines) is 1. The highest BCUT2D eigenvalue weighted by molar-refractivity contribution is 6.12. The number of nitrogens with two attached hydrogens (primary N) is 1. The molecule has 9 amide bonds. The number of benzene rings is 2. The van der Waals surface area contributed by atoms with E-state index in [0.29, 0.717) is 50.6 Å². The molecule has 6 rings (SSSR count). The van der Waals surface area contributed by atoms with E-state index >= 15 is 0 Å². The molecule has 0 aliphatic carbocycles. The van der Waals surface area contributed by atoms with Gasteiger partial charge in [-0.2, -0.15) is 0 Å². The number of amides is 9. The molecular formula is C80H121N9O17. The molecule has 26 heteroatoms. The smallest absolute Gasteiger partial charge is 0.312 e. The van der Waals surface area contributed by atoms with Crippen LogP contribution >= 0.6 is 0 Å². The topological polar surface area (TPSA) is 338 Å². The van der Waals surface area contributed by atoms with Crippen LogP contribution in [0, 0.1) is 47.3 Å². The predicted octanol–water partition coefficient (Wildman–Crippen LogP) is 6.63. The quantitative estimate of drug-likeness (QED) is 0.0343. The molecule has 0 saturated carbocycles. The van der Waals surface area contributed by atoms with Gasteiger partial charge in [-0.1, -0.05) is 123 Å². The first-order valence-corrected chi connectivity index (χ1v) is 38.1. The molecule has 0 spiro atoms. The van der Waals surface area contributed by atoms with Crippen molar-refractivity contribution >= 4 is 70.5 Å². The summed E-state index contributed by atoms with van der Waals surface area (Å²) in [4.78, 5) is 171. The normalized spacial score (nSPS) is 21.2. The van der Waals surface area contributed by atoms with Gasteiger partial charge in [0.05, 0.1) is 48.8 Å². The summed E-state index contributed by atoms with van der Waals surface area (Å²) in [6.45, 7) is 21.6. The fourth-order valence-electron chi connectivity index (χ4n) is 15.5. The fourth-order valence-corrected chi connectivity index (χ4v) is 15.5. The van der Waals surface area contributed by atoms with Gasteiger partial charge >= 0.3 is 6.03 Å². The minimum absolute atomic E-state index is 0.0105. The zero-order chi connectivity index (χ0) is 78.4. The summed E-state index contributed by atoms with van der Waals surface area (Å²) >= 11 is 0. The Balaban J connectivity index is 1.07. The van der Waals surface area contributed by atoms with Crippen LogP contribution < -0.4 is 27.0 Å². The molecule has 4 heterocycles. The van der Waals surface area contributed by atoms with Gasteiger partial charge in [-0.05, 0) is 120 Å². The molecule has 6 unspecified atom stereocenters. The Morgan fingerprint density at radius 2 is 1.36 bits per heavy atom. The Kier molecular flexibility index (Phi) is 33.8. The number of nitrogens with one attached hydrogen (secondary N) is 4. The summed E-state index contributed by atoms with van der Waals surface area (Å²) < 4.78 is 30.5. The highest BCUT2D eigenvalue weighted by Gasteiger charge is 2.57. The van der Waals surface area contributed by atoms with Crippen LogP contribution in [0.15, 0.2) is 66.7 Å². The van der Waals surface area contributed by atoms with E-state index in [0.717, 1.165) is 16.0 Å². The van der Waals surface area contributed by atoms with E-state index in [2.05, 4.69) is 21.3 Å². The summed E-state index contributed by atoms with van der Waals surface area (Å²) in [6, 6.07) is 12.7. The Morgan fingerprint density at radius 3 is 1.95 bits per heavy atom. The van der Waals surface area contributed by atoms with E-state index in [1.54, 1.807) is 70.7 Å². The Morgan fingerprint density at radius 1 is 0.708 bits per heavy atom. The standard InChI is InChI=1S/C80H121N9O17/c1-17-50(8)71(87(14)77(100)57(48(4)5)45-62(92)70(49(6)7)86(12)13)64(102-15)46-68(97)88-40-24-28-59(88)72(103-16)51(9)60(90)43-55(41-53-25-19-18-20-26-53)75(98)82-38-36-52-30-32-54(33-31-52)42-61(91)58(27-23-37-83-79(81)101)84-76(99)56(47(2)3)44-63(93)73-69(74-78(104-73)106-80(10,11)105-74)85-65(94)29-21-22-39-89-66(95)34-35-67(89)96/h18-20,25-26,30-35,47-51,55-59,64,69-74,78H,17,21-24,27-29,36-46H2,1-16H3,(H,82,98)(H,84,99)(H,85,94)(H3,81,83,101)/t50-,51?,55+,56+,57-,58+,59?,64?,69+,70?,71?,72?,73+,74+,78+/m0/s1. The van der Waals surface area contributed by atoms with Gasteiger partial charge in [0.1, 0.15) is 18.0 Å². The number of fused-ring (bicyclic) bond motifs is 1. The van der Waals surface area contributed by atoms with Crippen LogP contribution in [0.1, 0.15) is 170 Å². The average molecular weight is 1480 g/mol. The second kappa shape index (κ2) is 41.1. The molecule has 0 aromatic heterocycles. The number of carbonyl (C=O) groups is 12. The number of hydrogen-bond donors (Lipinski definition) is 5. The van der Waals surface area contributed by atoms with E-state index in [4.69, 9.17) is 29.4 Å². The van der Waals surface area contributed by atoms with Gasteiger partial charge in [-0.15, -0.1) is 0 Å². The minimum atomic E-state index is -1.26. The molecule has 4 aliphatic rings. The maximum atomic E-state index is 14.7. The summed E-state index contributed by atoms with van der Waals surface area (Å²) in [5.74, 6) is -8.10. The molecule has 2 aromatic rings. The van der Waals surface area contributed by atoms with Crippen molar-refractivity contribution < 1.29 is 81.2 Å². The number of hydrogen-bond acceptors (Lipinski definition) is 18. The van der Waals surface area contributed by atoms with Crippen molar-refractivity contribution in [1.82, 2.24) is 40.9 Å². The van der Waals surface area contributed by atoms with Crippen LogP contribution in [-0.2, 0) is 95.7 Å². The van der Waals surface area contributed by atoms with Crippen LogP contribution in [0.3, 0.4) is 0 Å². The summed E-state index contributed by atoms with van der Waals surface area (Å²) in [5, 5.41) is 11.4. The number of unbranched alkanes of at least 4 members (excludes halogenated alkanes) is 1. The van der Waals surface area contributed by atoms with Crippen molar-refractivity contribution in [3.63, 3.8) is 0 Å². The monoisotopic (exact) mass is 1480 g/mol. The van der Waals surface area contributed by atoms with Gasteiger partial charge in [0.25, 0.3) is 11.8 Å². The van der Waals surface area contributed by atoms with Gasteiger partial charge in [0.2, 0.25) is 29.5 Å². The number of ketones is 4. The van der Waals surface area contributed by atoms with Crippen LogP contribution in [0.5, 0.6) is 0 Å². The molecule has 588 valence electrons.